The third kappa shape index (κ3) is 15.1. The highest BCUT2D eigenvalue weighted by Crippen LogP contribution is 2.25. The van der Waals surface area contributed by atoms with Crippen LogP contribution in [0.25, 0.3) is 0 Å². The minimum Gasteiger partial charge on any atom is -0.450 e. The van der Waals surface area contributed by atoms with Crippen molar-refractivity contribution in [2.75, 3.05) is 12.4 Å². The van der Waals surface area contributed by atoms with Gasteiger partial charge in [0.05, 0.1) is 5.75 Å². The Morgan fingerprint density at radius 2 is 1.18 bits per heavy atom. The van der Waals surface area contributed by atoms with Gasteiger partial charge in [0.1, 0.15) is 11.9 Å². The van der Waals surface area contributed by atoms with Crippen LogP contribution >= 0.6 is 0 Å². The molecule has 0 heterocycles. The Kier molecular flexibility index (Phi) is 16.8. The molecule has 0 aromatic heterocycles. The van der Waals surface area contributed by atoms with Crippen molar-refractivity contribution in [3.63, 3.8) is 0 Å². The van der Waals surface area contributed by atoms with Crippen LogP contribution in [0.2, 0.25) is 0 Å². The molecular formula is C27H46O5S. The molecule has 6 heteroatoms. The first-order chi connectivity index (χ1) is 16.0. The van der Waals surface area contributed by atoms with Crippen LogP contribution in [0, 0.1) is 0 Å². The Labute approximate surface area is 202 Å². The van der Waals surface area contributed by atoms with E-state index in [2.05, 4.69) is 11.7 Å². The number of carboxylic acid groups (broad SMARTS) is 1. The predicted molar refractivity (Wildman–Crippen MR) is 136 cm³/mol. The Morgan fingerprint density at radius 3 is 1.61 bits per heavy atom. The SMILES string of the molecule is CCCCCCCCCCCCCCCCCCS(=O)(=O)C(COC(=O)O)c1ccccc1. The van der Waals surface area contributed by atoms with Crippen molar-refractivity contribution < 1.29 is 23.1 Å². The lowest BCUT2D eigenvalue weighted by Gasteiger charge is -2.17. The number of hydrogen-bond donors (Lipinski definition) is 1. The summed E-state index contributed by atoms with van der Waals surface area (Å²) >= 11 is 0. The highest BCUT2D eigenvalue weighted by molar-refractivity contribution is 7.91. The van der Waals surface area contributed by atoms with Crippen LogP contribution in [0.3, 0.4) is 0 Å². The summed E-state index contributed by atoms with van der Waals surface area (Å²) in [6, 6.07) is 8.74. The molecule has 0 radical (unpaired) electrons. The van der Waals surface area contributed by atoms with E-state index in [1.54, 1.807) is 30.3 Å². The summed E-state index contributed by atoms with van der Waals surface area (Å²) in [5.41, 5.74) is 0.579. The van der Waals surface area contributed by atoms with Crippen molar-refractivity contribution in [3.8, 4) is 0 Å². The fourth-order valence-corrected chi connectivity index (χ4v) is 5.95. The summed E-state index contributed by atoms with van der Waals surface area (Å²) in [5, 5.41) is 7.84. The lowest BCUT2D eigenvalue weighted by atomic mass is 10.0. The summed E-state index contributed by atoms with van der Waals surface area (Å²) in [4.78, 5) is 10.8. The zero-order valence-corrected chi connectivity index (χ0v) is 21.5. The molecule has 33 heavy (non-hydrogen) atoms. The van der Waals surface area contributed by atoms with E-state index in [1.165, 1.54) is 77.0 Å². The maximum absolute atomic E-state index is 12.8. The molecule has 0 aliphatic heterocycles. The molecule has 0 saturated carbocycles. The van der Waals surface area contributed by atoms with Gasteiger partial charge in [0.15, 0.2) is 9.84 Å². The van der Waals surface area contributed by atoms with E-state index in [9.17, 15) is 13.2 Å². The molecule has 1 N–H and O–H groups in total. The first kappa shape index (κ1) is 29.5. The fourth-order valence-electron chi connectivity index (χ4n) is 4.22. The third-order valence-corrected chi connectivity index (χ3v) is 8.38. The predicted octanol–water partition coefficient (Wildman–Crippen LogP) is 8.10. The number of rotatable bonds is 21. The molecule has 1 atom stereocenters. The van der Waals surface area contributed by atoms with Crippen molar-refractivity contribution in [2.24, 2.45) is 0 Å². The fraction of sp³-hybridized carbons (Fsp3) is 0.741. The second kappa shape index (κ2) is 18.8. The van der Waals surface area contributed by atoms with Gasteiger partial charge in [0.25, 0.3) is 0 Å². The average molecular weight is 483 g/mol. The Balaban J connectivity index is 2.10. The van der Waals surface area contributed by atoms with Crippen molar-refractivity contribution >= 4 is 16.0 Å². The van der Waals surface area contributed by atoms with Gasteiger partial charge in [-0.15, -0.1) is 0 Å². The molecule has 0 spiro atoms. The van der Waals surface area contributed by atoms with Crippen LogP contribution in [-0.4, -0.2) is 32.0 Å². The number of sulfone groups is 1. The second-order valence-corrected chi connectivity index (χ2v) is 11.4. The van der Waals surface area contributed by atoms with Gasteiger partial charge in [0, 0.05) is 0 Å². The topological polar surface area (TPSA) is 80.7 Å². The summed E-state index contributed by atoms with van der Waals surface area (Å²) in [6.45, 7) is 1.90. The van der Waals surface area contributed by atoms with Crippen LogP contribution in [0.1, 0.15) is 120 Å². The number of ether oxygens (including phenoxy) is 1. The van der Waals surface area contributed by atoms with Crippen LogP contribution in [0.5, 0.6) is 0 Å². The zero-order valence-electron chi connectivity index (χ0n) is 20.7. The quantitative estimate of drug-likeness (QED) is 0.141. The maximum atomic E-state index is 12.8. The number of carbonyl (C=O) groups is 1. The Hall–Kier alpha value is -1.56. The first-order valence-electron chi connectivity index (χ1n) is 13.1. The Morgan fingerprint density at radius 1 is 0.758 bits per heavy atom. The van der Waals surface area contributed by atoms with Gasteiger partial charge in [-0.2, -0.15) is 0 Å². The van der Waals surface area contributed by atoms with E-state index < -0.39 is 21.2 Å². The van der Waals surface area contributed by atoms with Gasteiger partial charge in [-0.25, -0.2) is 13.2 Å². The van der Waals surface area contributed by atoms with Gasteiger partial charge in [-0.3, -0.25) is 0 Å². The molecule has 0 saturated heterocycles. The molecule has 0 aliphatic carbocycles. The normalized spacial score (nSPS) is 12.5. The first-order valence-corrected chi connectivity index (χ1v) is 14.8. The number of benzene rings is 1. The Bertz CT molecular complexity index is 702. The molecule has 5 nitrogen and oxygen atoms in total. The van der Waals surface area contributed by atoms with E-state index in [0.717, 1.165) is 19.3 Å². The van der Waals surface area contributed by atoms with Gasteiger partial charge < -0.3 is 9.84 Å². The van der Waals surface area contributed by atoms with E-state index in [-0.39, 0.29) is 12.4 Å². The molecular weight excluding hydrogens is 436 g/mol. The number of hydrogen-bond acceptors (Lipinski definition) is 4. The third-order valence-electron chi connectivity index (χ3n) is 6.25. The van der Waals surface area contributed by atoms with Gasteiger partial charge >= 0.3 is 6.16 Å². The van der Waals surface area contributed by atoms with Gasteiger partial charge in [0.2, 0.25) is 0 Å². The minimum absolute atomic E-state index is 0.0635. The summed E-state index contributed by atoms with van der Waals surface area (Å²) < 4.78 is 30.3. The summed E-state index contributed by atoms with van der Waals surface area (Å²) in [5.74, 6) is 0.0635. The average Bonchev–Trinajstić information content (AvgIpc) is 2.79. The molecule has 1 unspecified atom stereocenters. The number of unbranched alkanes of at least 4 members (excludes halogenated alkanes) is 15. The van der Waals surface area contributed by atoms with Crippen molar-refractivity contribution in [2.45, 2.75) is 115 Å². The molecule has 1 rings (SSSR count). The molecule has 1 aromatic rings. The van der Waals surface area contributed by atoms with Crippen molar-refractivity contribution in [3.05, 3.63) is 35.9 Å². The highest BCUT2D eigenvalue weighted by Gasteiger charge is 2.28. The van der Waals surface area contributed by atoms with Crippen LogP contribution in [0.15, 0.2) is 30.3 Å². The molecule has 0 aliphatic rings. The van der Waals surface area contributed by atoms with Crippen molar-refractivity contribution in [1.29, 1.82) is 0 Å². The second-order valence-electron chi connectivity index (χ2n) is 9.15. The zero-order chi connectivity index (χ0) is 24.2. The smallest absolute Gasteiger partial charge is 0.450 e. The van der Waals surface area contributed by atoms with Gasteiger partial charge in [-0.1, -0.05) is 134 Å². The largest absolute Gasteiger partial charge is 0.505 e. The van der Waals surface area contributed by atoms with Crippen LogP contribution < -0.4 is 0 Å². The van der Waals surface area contributed by atoms with E-state index in [4.69, 9.17) is 5.11 Å². The molecule has 0 fully saturated rings. The lowest BCUT2D eigenvalue weighted by molar-refractivity contribution is 0.0915. The van der Waals surface area contributed by atoms with Crippen LogP contribution in [0.4, 0.5) is 4.79 Å². The van der Waals surface area contributed by atoms with Crippen molar-refractivity contribution in [1.82, 2.24) is 0 Å². The molecule has 190 valence electrons. The minimum atomic E-state index is -3.48. The highest BCUT2D eigenvalue weighted by atomic mass is 32.2. The standard InChI is InChI=1S/C27H46O5S/c1-2-3-4-5-6-7-8-9-10-11-12-13-14-15-16-20-23-33(30,31)26(24-32-27(28)29)25-21-18-17-19-22-25/h17-19,21-22,26H,2-16,20,23-24H2,1H3,(H,28,29). The molecule has 1 aromatic carbocycles. The maximum Gasteiger partial charge on any atom is 0.505 e. The summed E-state index contributed by atoms with van der Waals surface area (Å²) in [6.07, 6.45) is 18.4. The van der Waals surface area contributed by atoms with Gasteiger partial charge in [-0.05, 0) is 12.0 Å². The van der Waals surface area contributed by atoms with E-state index >= 15 is 0 Å². The van der Waals surface area contributed by atoms with Crippen LogP contribution in [-0.2, 0) is 14.6 Å². The molecule has 0 amide bonds. The summed E-state index contributed by atoms with van der Waals surface area (Å²) in [7, 11) is -3.48. The molecule has 0 bridgehead atoms. The van der Waals surface area contributed by atoms with E-state index in [0.29, 0.717) is 12.0 Å². The van der Waals surface area contributed by atoms with E-state index in [1.807, 2.05) is 0 Å². The lowest BCUT2D eigenvalue weighted by Crippen LogP contribution is -2.23. The monoisotopic (exact) mass is 482 g/mol.